The number of hydrogen-bond acceptors (Lipinski definition) is 6. The lowest BCUT2D eigenvalue weighted by Gasteiger charge is -2.07. The van der Waals surface area contributed by atoms with Crippen LogP contribution in [0.2, 0.25) is 0 Å². The van der Waals surface area contributed by atoms with Gasteiger partial charge in [-0.25, -0.2) is 14.3 Å². The van der Waals surface area contributed by atoms with Crippen LogP contribution in [0.1, 0.15) is 46.6 Å². The third-order valence-corrected chi connectivity index (χ3v) is 4.96. The van der Waals surface area contributed by atoms with E-state index in [4.69, 9.17) is 4.74 Å². The van der Waals surface area contributed by atoms with Gasteiger partial charge < -0.3 is 10.1 Å². The Hall–Kier alpha value is -2.41. The SMILES string of the molecule is CCOC(=O)c1cnn2ccc(NCc3scnc3C3CC3)cc12. The van der Waals surface area contributed by atoms with Crippen molar-refractivity contribution in [3.63, 3.8) is 0 Å². The van der Waals surface area contributed by atoms with Gasteiger partial charge in [-0.15, -0.1) is 11.3 Å². The first-order valence-corrected chi connectivity index (χ1v) is 8.95. The van der Waals surface area contributed by atoms with Crippen LogP contribution in [-0.2, 0) is 11.3 Å². The fourth-order valence-corrected chi connectivity index (χ4v) is 3.53. The molecule has 0 aromatic carbocycles. The van der Waals surface area contributed by atoms with Crippen LogP contribution in [0, 0.1) is 0 Å². The van der Waals surface area contributed by atoms with E-state index in [2.05, 4.69) is 15.4 Å². The molecule has 0 atom stereocenters. The Morgan fingerprint density at radius 1 is 1.50 bits per heavy atom. The van der Waals surface area contributed by atoms with Crippen LogP contribution in [0.25, 0.3) is 5.52 Å². The van der Waals surface area contributed by atoms with Crippen molar-refractivity contribution < 1.29 is 9.53 Å². The molecule has 1 N–H and O–H groups in total. The van der Waals surface area contributed by atoms with E-state index in [9.17, 15) is 4.79 Å². The maximum Gasteiger partial charge on any atom is 0.341 e. The van der Waals surface area contributed by atoms with E-state index in [1.165, 1.54) is 23.4 Å². The predicted molar refractivity (Wildman–Crippen MR) is 92.6 cm³/mol. The first kappa shape index (κ1) is 15.1. The van der Waals surface area contributed by atoms with Crippen molar-refractivity contribution in [1.82, 2.24) is 14.6 Å². The average Bonchev–Trinajstić information content (AvgIpc) is 3.17. The predicted octanol–water partition coefficient (Wildman–Crippen LogP) is 3.46. The molecule has 24 heavy (non-hydrogen) atoms. The Balaban J connectivity index is 1.54. The molecule has 1 aliphatic carbocycles. The molecule has 6 nitrogen and oxygen atoms in total. The highest BCUT2D eigenvalue weighted by atomic mass is 32.1. The summed E-state index contributed by atoms with van der Waals surface area (Å²) in [5.74, 6) is 0.309. The Labute approximate surface area is 143 Å². The van der Waals surface area contributed by atoms with Crippen molar-refractivity contribution >= 4 is 28.5 Å². The summed E-state index contributed by atoms with van der Waals surface area (Å²) in [4.78, 5) is 17.8. The summed E-state index contributed by atoms with van der Waals surface area (Å²) in [6.07, 6.45) is 5.89. The molecule has 1 fully saturated rings. The number of carbonyl (C=O) groups is 1. The van der Waals surface area contributed by atoms with Gasteiger partial charge in [0.25, 0.3) is 0 Å². The molecule has 0 spiro atoms. The summed E-state index contributed by atoms with van der Waals surface area (Å²) in [5.41, 5.74) is 5.33. The molecule has 0 amide bonds. The van der Waals surface area contributed by atoms with E-state index in [1.54, 1.807) is 29.0 Å². The smallest absolute Gasteiger partial charge is 0.341 e. The number of rotatable bonds is 6. The molecule has 4 rings (SSSR count). The molecule has 0 aliphatic heterocycles. The molecule has 0 radical (unpaired) electrons. The number of ether oxygens (including phenoxy) is 1. The van der Waals surface area contributed by atoms with Gasteiger partial charge in [-0.3, -0.25) is 0 Å². The van der Waals surface area contributed by atoms with Gasteiger partial charge in [0.2, 0.25) is 0 Å². The highest BCUT2D eigenvalue weighted by molar-refractivity contribution is 7.09. The van der Waals surface area contributed by atoms with Crippen LogP contribution in [0.4, 0.5) is 5.69 Å². The molecule has 124 valence electrons. The fourth-order valence-electron chi connectivity index (χ4n) is 2.74. The number of esters is 1. The van der Waals surface area contributed by atoms with Crippen LogP contribution < -0.4 is 5.32 Å². The van der Waals surface area contributed by atoms with Crippen LogP contribution in [0.15, 0.2) is 30.0 Å². The normalized spacial score (nSPS) is 14.0. The third-order valence-electron chi connectivity index (χ3n) is 4.11. The standard InChI is InChI=1S/C17H18N4O2S/c1-2-23-17(22)13-8-20-21-6-5-12(7-14(13)21)18-9-15-16(11-3-4-11)19-10-24-15/h5-8,10-11,18H,2-4,9H2,1H3. The number of nitrogens with one attached hydrogen (secondary N) is 1. The van der Waals surface area contributed by atoms with Crippen molar-refractivity contribution in [1.29, 1.82) is 0 Å². The van der Waals surface area contributed by atoms with Crippen LogP contribution >= 0.6 is 11.3 Å². The lowest BCUT2D eigenvalue weighted by molar-refractivity contribution is 0.0528. The first-order chi connectivity index (χ1) is 11.8. The minimum Gasteiger partial charge on any atom is -0.462 e. The van der Waals surface area contributed by atoms with E-state index in [0.717, 1.165) is 17.7 Å². The third kappa shape index (κ3) is 2.87. The van der Waals surface area contributed by atoms with Gasteiger partial charge in [0.15, 0.2) is 0 Å². The second-order valence-electron chi connectivity index (χ2n) is 5.81. The number of nitrogens with zero attached hydrogens (tertiary/aromatic N) is 3. The van der Waals surface area contributed by atoms with Gasteiger partial charge in [0.05, 0.1) is 36.1 Å². The van der Waals surface area contributed by atoms with Crippen LogP contribution in [-0.4, -0.2) is 27.2 Å². The average molecular weight is 342 g/mol. The van der Waals surface area contributed by atoms with Crippen molar-refractivity contribution in [2.75, 3.05) is 11.9 Å². The number of hydrogen-bond donors (Lipinski definition) is 1. The van der Waals surface area contributed by atoms with E-state index in [0.29, 0.717) is 18.1 Å². The topological polar surface area (TPSA) is 68.5 Å². The number of thiazole rings is 1. The largest absolute Gasteiger partial charge is 0.462 e. The zero-order chi connectivity index (χ0) is 16.5. The molecule has 0 saturated heterocycles. The van der Waals surface area contributed by atoms with E-state index in [1.807, 2.05) is 23.8 Å². The molecule has 0 bridgehead atoms. The van der Waals surface area contributed by atoms with Gasteiger partial charge in [-0.2, -0.15) is 5.10 Å². The zero-order valence-electron chi connectivity index (χ0n) is 13.4. The maximum absolute atomic E-state index is 12.0. The summed E-state index contributed by atoms with van der Waals surface area (Å²) in [6, 6.07) is 3.88. The fraction of sp³-hybridized carbons (Fsp3) is 0.353. The van der Waals surface area contributed by atoms with Crippen molar-refractivity contribution in [3.05, 3.63) is 46.2 Å². The molecular weight excluding hydrogens is 324 g/mol. The molecule has 3 heterocycles. The molecule has 7 heteroatoms. The van der Waals surface area contributed by atoms with E-state index in [-0.39, 0.29) is 5.97 Å². The van der Waals surface area contributed by atoms with Gasteiger partial charge in [-0.1, -0.05) is 0 Å². The Morgan fingerprint density at radius 3 is 3.17 bits per heavy atom. The number of carbonyl (C=O) groups excluding carboxylic acids is 1. The van der Waals surface area contributed by atoms with Crippen molar-refractivity contribution in [3.8, 4) is 0 Å². The number of pyridine rings is 1. The molecule has 3 aromatic heterocycles. The van der Waals surface area contributed by atoms with Crippen LogP contribution in [0.3, 0.4) is 0 Å². The second-order valence-corrected chi connectivity index (χ2v) is 6.75. The monoisotopic (exact) mass is 342 g/mol. The molecular formula is C17H18N4O2S. The Morgan fingerprint density at radius 2 is 2.38 bits per heavy atom. The van der Waals surface area contributed by atoms with Gasteiger partial charge >= 0.3 is 5.97 Å². The van der Waals surface area contributed by atoms with E-state index < -0.39 is 0 Å². The summed E-state index contributed by atoms with van der Waals surface area (Å²) >= 11 is 1.69. The zero-order valence-corrected chi connectivity index (χ0v) is 14.2. The van der Waals surface area contributed by atoms with Gasteiger partial charge in [-0.05, 0) is 31.9 Å². The summed E-state index contributed by atoms with van der Waals surface area (Å²) in [6.45, 7) is 2.89. The number of fused-ring (bicyclic) bond motifs is 1. The number of anilines is 1. The maximum atomic E-state index is 12.0. The lowest BCUT2D eigenvalue weighted by Crippen LogP contribution is -2.05. The highest BCUT2D eigenvalue weighted by Gasteiger charge is 2.28. The van der Waals surface area contributed by atoms with Crippen molar-refractivity contribution in [2.24, 2.45) is 0 Å². The summed E-state index contributed by atoms with van der Waals surface area (Å²) in [7, 11) is 0. The Kier molecular flexibility index (Phi) is 3.93. The molecule has 1 aliphatic rings. The summed E-state index contributed by atoms with van der Waals surface area (Å²) in [5, 5.41) is 7.63. The minimum absolute atomic E-state index is 0.344. The second kappa shape index (κ2) is 6.24. The number of aromatic nitrogens is 3. The molecule has 3 aromatic rings. The lowest BCUT2D eigenvalue weighted by atomic mass is 10.2. The highest BCUT2D eigenvalue weighted by Crippen LogP contribution is 2.41. The quantitative estimate of drug-likeness (QED) is 0.695. The first-order valence-electron chi connectivity index (χ1n) is 8.07. The summed E-state index contributed by atoms with van der Waals surface area (Å²) < 4.78 is 6.76. The van der Waals surface area contributed by atoms with E-state index >= 15 is 0 Å². The minimum atomic E-state index is -0.344. The molecule has 0 unspecified atom stereocenters. The van der Waals surface area contributed by atoms with Crippen LogP contribution in [0.5, 0.6) is 0 Å². The van der Waals surface area contributed by atoms with Gasteiger partial charge in [0, 0.05) is 22.7 Å². The Bertz CT molecular complexity index is 882. The van der Waals surface area contributed by atoms with Gasteiger partial charge in [0.1, 0.15) is 5.56 Å². The van der Waals surface area contributed by atoms with Crippen molar-refractivity contribution in [2.45, 2.75) is 32.2 Å². The molecule has 1 saturated carbocycles.